The van der Waals surface area contributed by atoms with Crippen molar-refractivity contribution in [3.63, 3.8) is 0 Å². The van der Waals surface area contributed by atoms with Crippen molar-refractivity contribution in [3.05, 3.63) is 59.7 Å². The Labute approximate surface area is 211 Å². The number of nitrogens with zero attached hydrogens (tertiary/aromatic N) is 1. The van der Waals surface area contributed by atoms with E-state index in [1.807, 2.05) is 44.4 Å². The number of alkyl carbamates (subject to hydrolysis) is 1. The molecule has 1 unspecified atom stereocenters. The number of ether oxygens (including phenoxy) is 1. The first kappa shape index (κ1) is 26.6. The summed E-state index contributed by atoms with van der Waals surface area (Å²) in [6.45, 7) is 4.30. The number of carbonyl (C=O) groups is 3. The summed E-state index contributed by atoms with van der Waals surface area (Å²) in [5, 5.41) is 12.0. The van der Waals surface area contributed by atoms with Gasteiger partial charge < -0.3 is 20.1 Å². The van der Waals surface area contributed by atoms with Gasteiger partial charge in [-0.1, -0.05) is 62.4 Å². The molecular weight excluding hydrogens is 464 g/mol. The Morgan fingerprint density at radius 1 is 1.06 bits per heavy atom. The molecule has 188 valence electrons. The van der Waals surface area contributed by atoms with E-state index in [9.17, 15) is 19.5 Å². The highest BCUT2D eigenvalue weighted by atomic mass is 32.2. The number of benzene rings is 2. The zero-order valence-electron chi connectivity index (χ0n) is 20.5. The van der Waals surface area contributed by atoms with Crippen LogP contribution in [0.1, 0.15) is 37.3 Å². The number of carbonyl (C=O) groups excluding carboxylic acids is 2. The Morgan fingerprint density at radius 2 is 1.66 bits per heavy atom. The summed E-state index contributed by atoms with van der Waals surface area (Å²) in [7, 11) is 0. The summed E-state index contributed by atoms with van der Waals surface area (Å²) >= 11 is 1.55. The first-order chi connectivity index (χ1) is 16.8. The minimum atomic E-state index is -1.05. The van der Waals surface area contributed by atoms with Crippen LogP contribution in [-0.2, 0) is 14.3 Å². The fourth-order valence-electron chi connectivity index (χ4n) is 4.59. The van der Waals surface area contributed by atoms with Crippen LogP contribution >= 0.6 is 11.8 Å². The van der Waals surface area contributed by atoms with E-state index in [4.69, 9.17) is 4.74 Å². The van der Waals surface area contributed by atoms with Crippen LogP contribution < -0.4 is 5.32 Å². The Bertz CT molecular complexity index is 996. The van der Waals surface area contributed by atoms with E-state index in [0.29, 0.717) is 18.7 Å². The molecule has 8 heteroatoms. The molecule has 0 radical (unpaired) electrons. The maximum absolute atomic E-state index is 13.1. The maximum atomic E-state index is 13.1. The predicted molar refractivity (Wildman–Crippen MR) is 139 cm³/mol. The summed E-state index contributed by atoms with van der Waals surface area (Å²) in [5.41, 5.74) is 4.58. The predicted octanol–water partition coefficient (Wildman–Crippen LogP) is 4.46. The van der Waals surface area contributed by atoms with E-state index in [1.54, 1.807) is 11.8 Å². The maximum Gasteiger partial charge on any atom is 0.407 e. The zero-order chi connectivity index (χ0) is 25.4. The summed E-state index contributed by atoms with van der Waals surface area (Å²) in [4.78, 5) is 38.4. The normalized spacial score (nSPS) is 13.1. The van der Waals surface area contributed by atoms with Crippen molar-refractivity contribution in [2.75, 3.05) is 38.2 Å². The lowest BCUT2D eigenvalue weighted by Crippen LogP contribution is -2.45. The largest absolute Gasteiger partial charge is 0.480 e. The fraction of sp³-hybridized carbons (Fsp3) is 0.444. The summed E-state index contributed by atoms with van der Waals surface area (Å²) in [6, 6.07) is 16.3. The third-order valence-electron chi connectivity index (χ3n) is 6.14. The molecule has 0 saturated heterocycles. The quantitative estimate of drug-likeness (QED) is 0.449. The zero-order valence-corrected chi connectivity index (χ0v) is 21.3. The second-order valence-electron chi connectivity index (χ2n) is 9.18. The van der Waals surface area contributed by atoms with Crippen molar-refractivity contribution >= 4 is 29.7 Å². The van der Waals surface area contributed by atoms with Crippen LogP contribution in [0.5, 0.6) is 0 Å². The lowest BCUT2D eigenvalue weighted by atomic mass is 9.95. The van der Waals surface area contributed by atoms with Crippen LogP contribution in [0.4, 0.5) is 4.79 Å². The van der Waals surface area contributed by atoms with E-state index < -0.39 is 18.0 Å². The molecule has 2 N–H and O–H groups in total. The first-order valence-corrected chi connectivity index (χ1v) is 13.3. The van der Waals surface area contributed by atoms with Gasteiger partial charge in [0, 0.05) is 24.8 Å². The van der Waals surface area contributed by atoms with Crippen molar-refractivity contribution < 1.29 is 24.2 Å². The van der Waals surface area contributed by atoms with Crippen molar-refractivity contribution in [2.45, 2.75) is 26.2 Å². The van der Waals surface area contributed by atoms with E-state index in [0.717, 1.165) is 22.3 Å². The molecule has 0 fully saturated rings. The number of hydrogen-bond donors (Lipinski definition) is 2. The Morgan fingerprint density at radius 3 is 2.20 bits per heavy atom. The highest BCUT2D eigenvalue weighted by Gasteiger charge is 2.30. The van der Waals surface area contributed by atoms with Crippen LogP contribution in [0.25, 0.3) is 11.1 Å². The molecule has 2 aromatic carbocycles. The number of hydrogen-bond acceptors (Lipinski definition) is 5. The first-order valence-electron chi connectivity index (χ1n) is 11.9. The lowest BCUT2D eigenvalue weighted by molar-refractivity contribution is -0.146. The topological polar surface area (TPSA) is 95.9 Å². The van der Waals surface area contributed by atoms with Crippen molar-refractivity contribution in [1.82, 2.24) is 10.2 Å². The van der Waals surface area contributed by atoms with Crippen molar-refractivity contribution in [3.8, 4) is 11.1 Å². The molecule has 1 atom stereocenters. The minimum absolute atomic E-state index is 0.0427. The van der Waals surface area contributed by atoms with Gasteiger partial charge in [-0.25, -0.2) is 4.79 Å². The number of thioether (sulfide) groups is 1. The highest BCUT2D eigenvalue weighted by Crippen LogP contribution is 2.44. The molecule has 1 aliphatic carbocycles. The standard InChI is InChI=1S/C27H34N2O5S/c1-18(2)14-19(26(32)29(12-13-35-3)16-25(30)31)15-28-27(33)34-17-24-22-10-6-4-8-20(22)21-9-5-7-11-23(21)24/h4-11,18-19,24H,12-17H2,1-3H3,(H,28,33)(H,30,31). The van der Waals surface area contributed by atoms with Gasteiger partial charge in [-0.15, -0.1) is 0 Å². The smallest absolute Gasteiger partial charge is 0.407 e. The van der Waals surface area contributed by atoms with Crippen LogP contribution in [0.15, 0.2) is 48.5 Å². The number of rotatable bonds is 12. The molecule has 0 saturated carbocycles. The van der Waals surface area contributed by atoms with Gasteiger partial charge in [-0.2, -0.15) is 11.8 Å². The van der Waals surface area contributed by atoms with Gasteiger partial charge in [0.05, 0.1) is 5.92 Å². The summed E-state index contributed by atoms with van der Waals surface area (Å²) < 4.78 is 5.59. The number of amides is 2. The van der Waals surface area contributed by atoms with Crippen molar-refractivity contribution in [1.29, 1.82) is 0 Å². The van der Waals surface area contributed by atoms with Crippen molar-refractivity contribution in [2.24, 2.45) is 11.8 Å². The van der Waals surface area contributed by atoms with Gasteiger partial charge in [-0.3, -0.25) is 9.59 Å². The number of nitrogens with one attached hydrogen (secondary N) is 1. The van der Waals surface area contributed by atoms with E-state index in [-0.39, 0.29) is 37.4 Å². The molecule has 0 heterocycles. The van der Waals surface area contributed by atoms with E-state index >= 15 is 0 Å². The number of carboxylic acid groups (broad SMARTS) is 1. The molecule has 2 amide bonds. The molecule has 1 aliphatic rings. The van der Waals surface area contributed by atoms with Crippen LogP contribution in [0, 0.1) is 11.8 Å². The average molecular weight is 499 g/mol. The molecular formula is C27H34N2O5S. The van der Waals surface area contributed by atoms with Gasteiger partial charge in [0.2, 0.25) is 5.91 Å². The van der Waals surface area contributed by atoms with Gasteiger partial charge in [0.25, 0.3) is 0 Å². The van der Waals surface area contributed by atoms with E-state index in [1.165, 1.54) is 4.90 Å². The number of aliphatic carboxylic acids is 1. The third kappa shape index (κ3) is 7.01. The highest BCUT2D eigenvalue weighted by molar-refractivity contribution is 7.98. The summed E-state index contributed by atoms with van der Waals surface area (Å²) in [6.07, 6.45) is 1.87. The third-order valence-corrected chi connectivity index (χ3v) is 6.74. The molecule has 0 aliphatic heterocycles. The Hall–Kier alpha value is -3.00. The average Bonchev–Trinajstić information content (AvgIpc) is 3.16. The number of carboxylic acids is 1. The minimum Gasteiger partial charge on any atom is -0.480 e. The lowest BCUT2D eigenvalue weighted by Gasteiger charge is -2.27. The Kier molecular flexibility index (Phi) is 9.60. The SMILES string of the molecule is CSCCN(CC(=O)O)C(=O)C(CNC(=O)OCC1c2ccccc2-c2ccccc21)CC(C)C. The molecule has 0 spiro atoms. The van der Waals surface area contributed by atoms with Crippen LogP contribution in [-0.4, -0.2) is 66.2 Å². The molecule has 2 aromatic rings. The van der Waals surface area contributed by atoms with E-state index in [2.05, 4.69) is 29.6 Å². The second kappa shape index (κ2) is 12.6. The van der Waals surface area contributed by atoms with Gasteiger partial charge in [0.1, 0.15) is 13.2 Å². The van der Waals surface area contributed by atoms with Gasteiger partial charge in [-0.05, 0) is 40.8 Å². The summed E-state index contributed by atoms with van der Waals surface area (Å²) in [5.74, 6) is -1.01. The van der Waals surface area contributed by atoms with Crippen LogP contribution in [0.3, 0.4) is 0 Å². The second-order valence-corrected chi connectivity index (χ2v) is 10.2. The molecule has 0 bridgehead atoms. The monoisotopic (exact) mass is 498 g/mol. The van der Waals surface area contributed by atoms with Gasteiger partial charge in [0.15, 0.2) is 0 Å². The molecule has 0 aromatic heterocycles. The fourth-order valence-corrected chi connectivity index (χ4v) is 4.99. The Balaban J connectivity index is 1.62. The molecule has 3 rings (SSSR count). The molecule has 7 nitrogen and oxygen atoms in total. The number of fused-ring (bicyclic) bond motifs is 3. The molecule has 35 heavy (non-hydrogen) atoms. The van der Waals surface area contributed by atoms with Gasteiger partial charge >= 0.3 is 12.1 Å². The van der Waals surface area contributed by atoms with Crippen LogP contribution in [0.2, 0.25) is 0 Å².